The highest BCUT2D eigenvalue weighted by atomic mass is 16.3. The molecule has 0 unspecified atom stereocenters. The molecule has 208 valence electrons. The van der Waals surface area contributed by atoms with Crippen molar-refractivity contribution in [3.8, 4) is 0 Å². The molecule has 37 heavy (non-hydrogen) atoms. The Morgan fingerprint density at radius 3 is 1.30 bits per heavy atom. The van der Waals surface area contributed by atoms with Crippen molar-refractivity contribution in [2.45, 2.75) is 127 Å². The number of carbonyl (C=O) groups excluding carboxylic acids is 2. The molecule has 0 amide bonds. The molecule has 0 radical (unpaired) electrons. The molecule has 0 saturated heterocycles. The Morgan fingerprint density at radius 1 is 0.595 bits per heavy atom. The molecule has 0 aromatic carbocycles. The molecule has 0 aromatic heterocycles. The van der Waals surface area contributed by atoms with E-state index in [9.17, 15) is 14.7 Å². The lowest BCUT2D eigenvalue weighted by Gasteiger charge is -2.28. The number of allylic oxidation sites excluding steroid dienone is 8. The average molecular weight is 511 g/mol. The topological polar surface area (TPSA) is 54.4 Å². The Morgan fingerprint density at radius 2 is 0.946 bits per heavy atom. The number of rotatable bonds is 13. The van der Waals surface area contributed by atoms with E-state index in [1.165, 1.54) is 6.42 Å². The van der Waals surface area contributed by atoms with Gasteiger partial charge in [-0.2, -0.15) is 0 Å². The van der Waals surface area contributed by atoms with Crippen LogP contribution in [0, 0.1) is 21.7 Å². The first-order valence-corrected chi connectivity index (χ1v) is 14.5. The first-order valence-electron chi connectivity index (χ1n) is 14.5. The van der Waals surface area contributed by atoms with E-state index in [0.717, 1.165) is 67.2 Å². The summed E-state index contributed by atoms with van der Waals surface area (Å²) in [6, 6.07) is 0. The summed E-state index contributed by atoms with van der Waals surface area (Å²) in [5, 5.41) is 9.50. The summed E-state index contributed by atoms with van der Waals surface area (Å²) in [6.45, 7) is 19.8. The van der Waals surface area contributed by atoms with Crippen molar-refractivity contribution in [3.63, 3.8) is 0 Å². The second-order valence-corrected chi connectivity index (χ2v) is 14.8. The smallest absolute Gasteiger partial charge is 0.184 e. The zero-order valence-corrected chi connectivity index (χ0v) is 25.4. The summed E-state index contributed by atoms with van der Waals surface area (Å²) in [5.41, 5.74) is 3.54. The van der Waals surface area contributed by atoms with Gasteiger partial charge in [0.2, 0.25) is 0 Å². The fourth-order valence-electron chi connectivity index (χ4n) is 5.54. The number of ketones is 2. The summed E-state index contributed by atoms with van der Waals surface area (Å²) < 4.78 is 0. The number of carbonyl (C=O) groups is 2. The molecule has 0 fully saturated rings. The van der Waals surface area contributed by atoms with Crippen LogP contribution >= 0.6 is 0 Å². The highest BCUT2D eigenvalue weighted by Crippen LogP contribution is 2.37. The molecule has 2 aliphatic rings. The van der Waals surface area contributed by atoms with Gasteiger partial charge in [0.25, 0.3) is 0 Å². The van der Waals surface area contributed by atoms with E-state index in [0.29, 0.717) is 18.3 Å². The number of hydrogen-bond acceptors (Lipinski definition) is 3. The normalized spacial score (nSPS) is 19.8. The zero-order chi connectivity index (χ0) is 28.1. The summed E-state index contributed by atoms with van der Waals surface area (Å²) >= 11 is 0. The van der Waals surface area contributed by atoms with Crippen LogP contribution in [0.15, 0.2) is 46.6 Å². The van der Waals surface area contributed by atoms with Crippen molar-refractivity contribution in [2.75, 3.05) is 6.61 Å². The molecule has 0 aromatic rings. The Bertz CT molecular complexity index is 958. The van der Waals surface area contributed by atoms with Gasteiger partial charge in [-0.15, -0.1) is 0 Å². The summed E-state index contributed by atoms with van der Waals surface area (Å²) in [4.78, 5) is 26.7. The highest BCUT2D eigenvalue weighted by molar-refractivity contribution is 6.11. The number of unbranched alkanes of at least 4 members (excludes halogenated alkanes) is 2. The number of hydrogen-bond donors (Lipinski definition) is 1. The Kier molecular flexibility index (Phi) is 10.6. The Hall–Kier alpha value is -1.74. The first kappa shape index (κ1) is 31.5. The van der Waals surface area contributed by atoms with Gasteiger partial charge in [0, 0.05) is 17.4 Å². The van der Waals surface area contributed by atoms with Crippen molar-refractivity contribution in [1.82, 2.24) is 0 Å². The van der Waals surface area contributed by atoms with E-state index >= 15 is 0 Å². The van der Waals surface area contributed by atoms with Crippen LogP contribution in [-0.2, 0) is 9.59 Å². The van der Waals surface area contributed by atoms with Crippen LogP contribution in [0.5, 0.6) is 0 Å². The summed E-state index contributed by atoms with van der Waals surface area (Å²) in [6.07, 6.45) is 17.6. The maximum Gasteiger partial charge on any atom is 0.184 e. The molecule has 0 atom stereocenters. The second-order valence-electron chi connectivity index (χ2n) is 14.8. The first-order chi connectivity index (χ1) is 16.9. The highest BCUT2D eigenvalue weighted by Gasteiger charge is 2.30. The van der Waals surface area contributed by atoms with Crippen LogP contribution in [0.4, 0.5) is 0 Å². The van der Waals surface area contributed by atoms with Gasteiger partial charge in [0.1, 0.15) is 0 Å². The maximum absolute atomic E-state index is 13.4. The van der Waals surface area contributed by atoms with Gasteiger partial charge in [-0.1, -0.05) is 99.5 Å². The van der Waals surface area contributed by atoms with E-state index in [-0.39, 0.29) is 34.4 Å². The van der Waals surface area contributed by atoms with Crippen molar-refractivity contribution in [2.24, 2.45) is 21.7 Å². The van der Waals surface area contributed by atoms with Gasteiger partial charge in [-0.25, -0.2) is 0 Å². The average Bonchev–Trinajstić information content (AvgIpc) is 2.76. The number of aliphatic hydroxyl groups excluding tert-OH is 1. The fraction of sp³-hybridized carbons (Fsp3) is 0.706. The van der Waals surface area contributed by atoms with Crippen LogP contribution < -0.4 is 0 Å². The molecule has 2 aliphatic carbocycles. The third-order valence-electron chi connectivity index (χ3n) is 7.62. The lowest BCUT2D eigenvalue weighted by molar-refractivity contribution is -0.114. The molecular formula is C34H54O3. The van der Waals surface area contributed by atoms with Gasteiger partial charge in [0.05, 0.1) is 0 Å². The molecular weight excluding hydrogens is 456 g/mol. The van der Waals surface area contributed by atoms with Crippen LogP contribution in [0.3, 0.4) is 0 Å². The minimum absolute atomic E-state index is 0.0663. The quantitative estimate of drug-likeness (QED) is 0.252. The minimum atomic E-state index is -0.161. The van der Waals surface area contributed by atoms with Gasteiger partial charge >= 0.3 is 0 Å². The Labute approximate surface area is 227 Å². The van der Waals surface area contributed by atoms with Gasteiger partial charge < -0.3 is 5.11 Å². The lowest BCUT2D eigenvalue weighted by atomic mass is 9.75. The number of aliphatic hydroxyl groups is 1. The largest absolute Gasteiger partial charge is 0.396 e. The van der Waals surface area contributed by atoms with Gasteiger partial charge in [-0.05, 0) is 84.5 Å². The van der Waals surface area contributed by atoms with E-state index in [1.807, 2.05) is 0 Å². The summed E-state index contributed by atoms with van der Waals surface area (Å²) in [7, 11) is 0. The molecule has 3 heteroatoms. The predicted molar refractivity (Wildman–Crippen MR) is 156 cm³/mol. The molecule has 0 bridgehead atoms. The monoisotopic (exact) mass is 510 g/mol. The molecule has 0 aliphatic heterocycles. The molecule has 0 saturated carbocycles. The number of Topliss-reactive ketones (excluding diaryl/α,β-unsaturated/α-hetero) is 2. The third kappa shape index (κ3) is 10.5. The third-order valence-corrected chi connectivity index (χ3v) is 7.62. The van der Waals surface area contributed by atoms with E-state index in [2.05, 4.69) is 86.6 Å². The van der Waals surface area contributed by atoms with Gasteiger partial charge in [0.15, 0.2) is 11.6 Å². The molecule has 1 N–H and O–H groups in total. The Balaban J connectivity index is 2.00. The van der Waals surface area contributed by atoms with Crippen LogP contribution in [0.2, 0.25) is 0 Å². The van der Waals surface area contributed by atoms with E-state index in [4.69, 9.17) is 0 Å². The minimum Gasteiger partial charge on any atom is -0.396 e. The van der Waals surface area contributed by atoms with Gasteiger partial charge in [-0.3, -0.25) is 9.59 Å². The molecule has 3 nitrogen and oxygen atoms in total. The molecule has 2 rings (SSSR count). The van der Waals surface area contributed by atoms with Crippen LogP contribution in [0.1, 0.15) is 127 Å². The van der Waals surface area contributed by atoms with Crippen LogP contribution in [-0.4, -0.2) is 23.3 Å². The van der Waals surface area contributed by atoms with Crippen LogP contribution in [0.25, 0.3) is 0 Å². The molecule has 0 spiro atoms. The van der Waals surface area contributed by atoms with E-state index < -0.39 is 0 Å². The molecule has 0 heterocycles. The summed E-state index contributed by atoms with van der Waals surface area (Å²) in [5.74, 6) is 0.335. The standard InChI is InChI=1S/C34H54O3/c1-31(2,3)18-12-10-14-25-20-33(6,7)22-27(29(25)36)16-17-28-23-34(8,9)21-26(30(28)37)15-11-13-19-32(4,5)24-35/h20-23,35H,10-19,24H2,1-9H3. The zero-order valence-electron chi connectivity index (χ0n) is 25.4. The fourth-order valence-corrected chi connectivity index (χ4v) is 5.54. The second kappa shape index (κ2) is 12.4. The lowest BCUT2D eigenvalue weighted by Crippen LogP contribution is -2.22. The SMILES string of the molecule is CC1(C)C=C(CCCCC(C)(C)C)C(=O)C(CCC2=CC(C)(C)C=C(CCCCC(C)(C)CO)C2=O)=C1. The predicted octanol–water partition coefficient (Wildman–Crippen LogP) is 8.88. The maximum atomic E-state index is 13.4. The van der Waals surface area contributed by atoms with E-state index in [1.54, 1.807) is 0 Å². The van der Waals surface area contributed by atoms with Crippen molar-refractivity contribution in [1.29, 1.82) is 0 Å². The van der Waals surface area contributed by atoms with Crippen molar-refractivity contribution >= 4 is 11.6 Å². The van der Waals surface area contributed by atoms with Crippen molar-refractivity contribution in [3.05, 3.63) is 46.6 Å². The van der Waals surface area contributed by atoms with Crippen molar-refractivity contribution < 1.29 is 14.7 Å².